The summed E-state index contributed by atoms with van der Waals surface area (Å²) < 4.78 is 25.8. The molecule has 0 spiro atoms. The van der Waals surface area contributed by atoms with Gasteiger partial charge in [0.15, 0.2) is 15.8 Å². The van der Waals surface area contributed by atoms with Crippen LogP contribution in [0.15, 0.2) is 34.4 Å². The topological polar surface area (TPSA) is 145 Å². The molecule has 5 N–H and O–H groups in total. The van der Waals surface area contributed by atoms with Crippen LogP contribution in [-0.2, 0) is 9.84 Å². The number of benzene rings is 1. The highest BCUT2D eigenvalue weighted by Crippen LogP contribution is 2.26. The highest BCUT2D eigenvalue weighted by Gasteiger charge is 2.20. The van der Waals surface area contributed by atoms with Crippen LogP contribution in [0, 0.1) is 13.8 Å². The highest BCUT2D eigenvalue weighted by molar-refractivity contribution is 7.90. The van der Waals surface area contributed by atoms with Crippen molar-refractivity contribution in [3.8, 4) is 0 Å². The number of rotatable bonds is 4. The molecule has 1 aromatic heterocycles. The highest BCUT2D eigenvalue weighted by atomic mass is 32.2. The zero-order valence-electron chi connectivity index (χ0n) is 13.4. The minimum Gasteiger partial charge on any atom is -0.370 e. The number of anilines is 1. The van der Waals surface area contributed by atoms with E-state index >= 15 is 0 Å². The summed E-state index contributed by atoms with van der Waals surface area (Å²) in [4.78, 5) is 19.5. The monoisotopic (exact) mass is 350 g/mol. The van der Waals surface area contributed by atoms with Crippen molar-refractivity contribution in [2.45, 2.75) is 18.7 Å². The van der Waals surface area contributed by atoms with Crippen molar-refractivity contribution in [1.29, 1.82) is 0 Å². The molecule has 128 valence electrons. The lowest BCUT2D eigenvalue weighted by Gasteiger charge is -2.15. The molecular formula is C14H18N6O3S. The summed E-state index contributed by atoms with van der Waals surface area (Å²) in [6.45, 7) is 3.42. The molecule has 10 heteroatoms. The predicted molar refractivity (Wildman–Crippen MR) is 90.4 cm³/mol. The second kappa shape index (κ2) is 6.32. The molecule has 2 rings (SSSR count). The lowest BCUT2D eigenvalue weighted by Crippen LogP contribution is -2.24. The zero-order chi connectivity index (χ0) is 18.1. The Labute approximate surface area is 139 Å². The number of imidazole rings is 1. The molecule has 0 atom stereocenters. The molecule has 0 aliphatic rings. The summed E-state index contributed by atoms with van der Waals surface area (Å²) in [5.41, 5.74) is 14.3. The van der Waals surface area contributed by atoms with Crippen molar-refractivity contribution in [3.63, 3.8) is 0 Å². The van der Waals surface area contributed by atoms with Crippen molar-refractivity contribution < 1.29 is 13.2 Å². The van der Waals surface area contributed by atoms with E-state index in [4.69, 9.17) is 11.5 Å². The number of carbonyl (C=O) groups excluding carboxylic acids is 1. The SMILES string of the molecule is Cc1cc(Nn2ccnc2C)c(S(C)(=O)=O)cc1C(=O)N=C(N)N. The van der Waals surface area contributed by atoms with Crippen LogP contribution in [0.5, 0.6) is 0 Å². The molecule has 0 unspecified atom stereocenters. The lowest BCUT2D eigenvalue weighted by molar-refractivity contribution is 0.100. The number of nitrogens with one attached hydrogen (secondary N) is 1. The fraction of sp³-hybridized carbons (Fsp3) is 0.214. The molecule has 9 nitrogen and oxygen atoms in total. The molecule has 1 amide bonds. The molecule has 0 radical (unpaired) electrons. The van der Waals surface area contributed by atoms with Crippen molar-refractivity contribution in [2.24, 2.45) is 16.5 Å². The van der Waals surface area contributed by atoms with E-state index in [2.05, 4.69) is 15.4 Å². The number of carbonyl (C=O) groups is 1. The summed E-state index contributed by atoms with van der Waals surface area (Å²) in [6, 6.07) is 2.80. The Morgan fingerprint density at radius 1 is 1.29 bits per heavy atom. The van der Waals surface area contributed by atoms with Crippen molar-refractivity contribution in [3.05, 3.63) is 41.5 Å². The minimum absolute atomic E-state index is 0.0460. The van der Waals surface area contributed by atoms with Crippen LogP contribution < -0.4 is 16.9 Å². The van der Waals surface area contributed by atoms with E-state index in [1.165, 1.54) is 6.07 Å². The molecule has 1 aromatic carbocycles. The van der Waals surface area contributed by atoms with E-state index in [9.17, 15) is 13.2 Å². The van der Waals surface area contributed by atoms with E-state index in [0.717, 1.165) is 6.26 Å². The number of guanidine groups is 1. The van der Waals surface area contributed by atoms with Gasteiger partial charge in [0.05, 0.1) is 10.6 Å². The van der Waals surface area contributed by atoms with Crippen molar-refractivity contribution >= 4 is 27.4 Å². The number of aliphatic imine (C=N–C) groups is 1. The maximum atomic E-state index is 12.1. The zero-order valence-corrected chi connectivity index (χ0v) is 14.3. The van der Waals surface area contributed by atoms with Crippen LogP contribution in [0.1, 0.15) is 21.7 Å². The van der Waals surface area contributed by atoms with Crippen molar-refractivity contribution in [1.82, 2.24) is 9.66 Å². The summed E-state index contributed by atoms with van der Waals surface area (Å²) in [7, 11) is -3.61. The number of nitrogens with zero attached hydrogens (tertiary/aromatic N) is 3. The van der Waals surface area contributed by atoms with Gasteiger partial charge in [0.2, 0.25) is 0 Å². The molecule has 24 heavy (non-hydrogen) atoms. The fourth-order valence-electron chi connectivity index (χ4n) is 2.12. The maximum Gasteiger partial charge on any atom is 0.280 e. The van der Waals surface area contributed by atoms with E-state index in [-0.39, 0.29) is 10.5 Å². The third-order valence-corrected chi connectivity index (χ3v) is 4.39. The Balaban J connectivity index is 2.60. The Morgan fingerprint density at radius 2 is 1.96 bits per heavy atom. The van der Waals surface area contributed by atoms with Crippen LogP contribution in [0.4, 0.5) is 5.69 Å². The van der Waals surface area contributed by atoms with Gasteiger partial charge in [0.25, 0.3) is 5.91 Å². The van der Waals surface area contributed by atoms with Gasteiger partial charge >= 0.3 is 0 Å². The van der Waals surface area contributed by atoms with Gasteiger partial charge in [-0.15, -0.1) is 0 Å². The second-order valence-corrected chi connectivity index (χ2v) is 7.22. The number of aromatic nitrogens is 2. The van der Waals surface area contributed by atoms with E-state index in [1.54, 1.807) is 37.0 Å². The van der Waals surface area contributed by atoms with Gasteiger partial charge in [0, 0.05) is 24.2 Å². The summed E-state index contributed by atoms with van der Waals surface area (Å²) >= 11 is 0. The summed E-state index contributed by atoms with van der Waals surface area (Å²) in [5.74, 6) is -0.452. The number of hydrogen-bond acceptors (Lipinski definition) is 5. The van der Waals surface area contributed by atoms with Gasteiger partial charge in [-0.05, 0) is 31.5 Å². The van der Waals surface area contributed by atoms with E-state index in [0.29, 0.717) is 17.1 Å². The largest absolute Gasteiger partial charge is 0.370 e. The molecule has 0 saturated heterocycles. The van der Waals surface area contributed by atoms with Gasteiger partial charge in [-0.25, -0.2) is 18.1 Å². The molecule has 1 heterocycles. The second-order valence-electron chi connectivity index (χ2n) is 5.23. The first-order chi connectivity index (χ1) is 11.1. The molecule has 0 saturated carbocycles. The van der Waals surface area contributed by atoms with Crippen LogP contribution in [-0.4, -0.2) is 36.2 Å². The average Bonchev–Trinajstić information content (AvgIpc) is 2.82. The molecule has 0 aliphatic carbocycles. The Kier molecular flexibility index (Phi) is 4.60. The minimum atomic E-state index is -3.61. The first-order valence-corrected chi connectivity index (χ1v) is 8.74. The average molecular weight is 350 g/mol. The van der Waals surface area contributed by atoms with Gasteiger partial charge in [-0.3, -0.25) is 10.2 Å². The van der Waals surface area contributed by atoms with Gasteiger partial charge in [0.1, 0.15) is 5.82 Å². The molecule has 0 aliphatic heterocycles. The summed E-state index contributed by atoms with van der Waals surface area (Å²) in [6.07, 6.45) is 4.28. The van der Waals surface area contributed by atoms with E-state index in [1.807, 2.05) is 0 Å². The fourth-order valence-corrected chi connectivity index (χ4v) is 2.95. The number of hydrogen-bond donors (Lipinski definition) is 3. The number of aryl methyl sites for hydroxylation is 2. The smallest absolute Gasteiger partial charge is 0.280 e. The van der Waals surface area contributed by atoms with E-state index < -0.39 is 21.7 Å². The maximum absolute atomic E-state index is 12.1. The number of nitrogens with two attached hydrogens (primary N) is 2. The predicted octanol–water partition coefficient (Wildman–Crippen LogP) is 0.192. The van der Waals surface area contributed by atoms with Crippen LogP contribution >= 0.6 is 0 Å². The summed E-state index contributed by atoms with van der Waals surface area (Å²) in [5, 5.41) is 0. The number of sulfone groups is 1. The third-order valence-electron chi connectivity index (χ3n) is 3.25. The molecule has 0 fully saturated rings. The third kappa shape index (κ3) is 3.71. The Morgan fingerprint density at radius 3 is 2.46 bits per heavy atom. The lowest BCUT2D eigenvalue weighted by atomic mass is 10.1. The van der Waals surface area contributed by atoms with Crippen molar-refractivity contribution in [2.75, 3.05) is 11.7 Å². The Bertz CT molecular complexity index is 926. The normalized spacial score (nSPS) is 11.1. The van der Waals surface area contributed by atoms with Gasteiger partial charge in [-0.1, -0.05) is 0 Å². The molecule has 0 bridgehead atoms. The van der Waals surface area contributed by atoms with Crippen LogP contribution in [0.25, 0.3) is 0 Å². The quantitative estimate of drug-likeness (QED) is 0.527. The Hall–Kier alpha value is -2.88. The first-order valence-electron chi connectivity index (χ1n) is 6.85. The van der Waals surface area contributed by atoms with Crippen LogP contribution in [0.2, 0.25) is 0 Å². The number of amides is 1. The first kappa shape index (κ1) is 17.5. The van der Waals surface area contributed by atoms with Gasteiger partial charge < -0.3 is 11.5 Å². The van der Waals surface area contributed by atoms with Crippen LogP contribution in [0.3, 0.4) is 0 Å². The molecule has 2 aromatic rings. The standard InChI is InChI=1S/C14H18N6O3S/c1-8-6-11(19-20-5-4-17-9(20)2)12(24(3,22)23)7-10(8)13(21)18-14(15)16/h4-7,19H,1-3H3,(H4,15,16,18,21). The molecular weight excluding hydrogens is 332 g/mol. The van der Waals surface area contributed by atoms with Gasteiger partial charge in [-0.2, -0.15) is 4.99 Å².